The van der Waals surface area contributed by atoms with Crippen molar-refractivity contribution < 1.29 is 4.39 Å². The maximum absolute atomic E-state index is 13.2. The Labute approximate surface area is 130 Å². The van der Waals surface area contributed by atoms with Crippen molar-refractivity contribution in [1.29, 1.82) is 0 Å². The number of aromatic amines is 1. The van der Waals surface area contributed by atoms with Crippen molar-refractivity contribution in [3.63, 3.8) is 0 Å². The zero-order valence-electron chi connectivity index (χ0n) is 11.9. The molecule has 0 radical (unpaired) electrons. The molecule has 6 heteroatoms. The minimum Gasteiger partial charge on any atom is -0.328 e. The Kier molecular flexibility index (Phi) is 3.01. The number of H-pyrrole nitrogens is 1. The van der Waals surface area contributed by atoms with Crippen molar-refractivity contribution in [2.75, 3.05) is 0 Å². The molecule has 0 aliphatic heterocycles. The lowest BCUT2D eigenvalue weighted by Crippen LogP contribution is -2.01. The molecule has 0 saturated carbocycles. The largest absolute Gasteiger partial charge is 0.328 e. The molecule has 0 saturated heterocycles. The van der Waals surface area contributed by atoms with E-state index in [4.69, 9.17) is 0 Å². The maximum atomic E-state index is 13.2. The first-order valence-corrected chi connectivity index (χ1v) is 7.00. The predicted octanol–water partition coefficient (Wildman–Crippen LogP) is 2.89. The van der Waals surface area contributed by atoms with Gasteiger partial charge in [0.15, 0.2) is 0 Å². The normalized spacial score (nSPS) is 11.0. The van der Waals surface area contributed by atoms with Crippen LogP contribution >= 0.6 is 0 Å². The SMILES string of the molecule is O=c1ccc(-c2c(-c3ccc(F)cc3)nn3ccncc23)c[nH]1. The zero-order valence-corrected chi connectivity index (χ0v) is 11.9. The molecule has 23 heavy (non-hydrogen) atoms. The molecule has 0 aliphatic rings. The standard InChI is InChI=1S/C17H11FN4O/c18-13-4-1-11(2-5-13)17-16(12-3-6-15(23)20-9-12)14-10-19-7-8-22(14)21-17/h1-10H,(H,20,23). The van der Waals surface area contributed by atoms with Gasteiger partial charge >= 0.3 is 0 Å². The van der Waals surface area contributed by atoms with Gasteiger partial charge in [0, 0.05) is 41.3 Å². The van der Waals surface area contributed by atoms with Gasteiger partial charge in [-0.15, -0.1) is 0 Å². The third-order valence-corrected chi connectivity index (χ3v) is 3.63. The van der Waals surface area contributed by atoms with E-state index in [9.17, 15) is 9.18 Å². The van der Waals surface area contributed by atoms with E-state index in [0.717, 1.165) is 22.2 Å². The van der Waals surface area contributed by atoms with Crippen LogP contribution in [-0.2, 0) is 0 Å². The Morgan fingerprint density at radius 3 is 2.57 bits per heavy atom. The second kappa shape index (κ2) is 5.17. The Hall–Kier alpha value is -3.28. The van der Waals surface area contributed by atoms with Crippen molar-refractivity contribution >= 4 is 5.52 Å². The molecule has 0 fully saturated rings. The fraction of sp³-hybridized carbons (Fsp3) is 0. The first-order chi connectivity index (χ1) is 11.2. The summed E-state index contributed by atoms with van der Waals surface area (Å²) in [5.74, 6) is -0.301. The van der Waals surface area contributed by atoms with Crippen LogP contribution in [0.25, 0.3) is 27.9 Å². The summed E-state index contributed by atoms with van der Waals surface area (Å²) in [4.78, 5) is 18.1. The van der Waals surface area contributed by atoms with Crippen molar-refractivity contribution in [2.45, 2.75) is 0 Å². The Balaban J connectivity index is 2.03. The minimum absolute atomic E-state index is 0.174. The number of halogens is 1. The molecule has 0 atom stereocenters. The summed E-state index contributed by atoms with van der Waals surface area (Å²) < 4.78 is 14.9. The number of rotatable bonds is 2. The van der Waals surface area contributed by atoms with E-state index in [1.165, 1.54) is 18.2 Å². The third kappa shape index (κ3) is 2.30. The van der Waals surface area contributed by atoms with Crippen molar-refractivity contribution in [2.24, 2.45) is 0 Å². The summed E-state index contributed by atoms with van der Waals surface area (Å²) in [7, 11) is 0. The predicted molar refractivity (Wildman–Crippen MR) is 84.4 cm³/mol. The van der Waals surface area contributed by atoms with E-state index in [1.54, 1.807) is 47.5 Å². The second-order valence-electron chi connectivity index (χ2n) is 5.08. The molecule has 4 aromatic rings. The number of benzene rings is 1. The quantitative estimate of drug-likeness (QED) is 0.619. The molecule has 3 aromatic heterocycles. The highest BCUT2D eigenvalue weighted by molar-refractivity contribution is 5.91. The van der Waals surface area contributed by atoms with Gasteiger partial charge in [-0.3, -0.25) is 9.78 Å². The molecule has 5 nitrogen and oxygen atoms in total. The van der Waals surface area contributed by atoms with Crippen LogP contribution in [0.3, 0.4) is 0 Å². The van der Waals surface area contributed by atoms with Gasteiger partial charge in [0.05, 0.1) is 11.7 Å². The van der Waals surface area contributed by atoms with Crippen LogP contribution in [0.15, 0.2) is 66.0 Å². The minimum atomic E-state index is -0.301. The first kappa shape index (κ1) is 13.4. The number of hydrogen-bond donors (Lipinski definition) is 1. The molecule has 4 rings (SSSR count). The molecule has 0 spiro atoms. The summed E-state index contributed by atoms with van der Waals surface area (Å²) in [6.07, 6.45) is 6.74. The van der Waals surface area contributed by atoms with Gasteiger partial charge in [-0.25, -0.2) is 8.91 Å². The molecular formula is C17H11FN4O. The molecule has 1 N–H and O–H groups in total. The van der Waals surface area contributed by atoms with E-state index in [-0.39, 0.29) is 11.4 Å². The van der Waals surface area contributed by atoms with Gasteiger partial charge in [-0.05, 0) is 30.3 Å². The highest BCUT2D eigenvalue weighted by atomic mass is 19.1. The summed E-state index contributed by atoms with van der Waals surface area (Å²) in [6, 6.07) is 9.35. The van der Waals surface area contributed by atoms with Gasteiger partial charge in [0.25, 0.3) is 0 Å². The average Bonchev–Trinajstić information content (AvgIpc) is 2.96. The van der Waals surface area contributed by atoms with Gasteiger partial charge in [-0.1, -0.05) is 0 Å². The van der Waals surface area contributed by atoms with Crippen LogP contribution in [0, 0.1) is 5.82 Å². The van der Waals surface area contributed by atoms with Gasteiger partial charge in [0.2, 0.25) is 5.56 Å². The summed E-state index contributed by atoms with van der Waals surface area (Å²) >= 11 is 0. The van der Waals surface area contributed by atoms with E-state index < -0.39 is 0 Å². The summed E-state index contributed by atoms with van der Waals surface area (Å²) in [5.41, 5.74) is 3.76. The van der Waals surface area contributed by atoms with E-state index in [1.807, 2.05) is 0 Å². The lowest BCUT2D eigenvalue weighted by molar-refractivity contribution is 0.628. The highest BCUT2D eigenvalue weighted by Crippen LogP contribution is 2.34. The molecule has 112 valence electrons. The van der Waals surface area contributed by atoms with Crippen LogP contribution in [0.1, 0.15) is 0 Å². The number of aromatic nitrogens is 4. The number of nitrogens with zero attached hydrogens (tertiary/aromatic N) is 3. The van der Waals surface area contributed by atoms with Crippen LogP contribution in [0.4, 0.5) is 4.39 Å². The Morgan fingerprint density at radius 1 is 1.04 bits per heavy atom. The number of fused-ring (bicyclic) bond motifs is 1. The molecule has 0 bridgehead atoms. The fourth-order valence-corrected chi connectivity index (χ4v) is 2.56. The molecule has 0 unspecified atom stereocenters. The van der Waals surface area contributed by atoms with Crippen LogP contribution < -0.4 is 5.56 Å². The number of hydrogen-bond acceptors (Lipinski definition) is 3. The lowest BCUT2D eigenvalue weighted by Gasteiger charge is -2.03. The summed E-state index contributed by atoms with van der Waals surface area (Å²) in [6.45, 7) is 0. The van der Waals surface area contributed by atoms with Crippen molar-refractivity contribution in [1.82, 2.24) is 19.6 Å². The monoisotopic (exact) mass is 306 g/mol. The highest BCUT2D eigenvalue weighted by Gasteiger charge is 2.16. The molecule has 0 aliphatic carbocycles. The van der Waals surface area contributed by atoms with Gasteiger partial charge < -0.3 is 4.98 Å². The third-order valence-electron chi connectivity index (χ3n) is 3.63. The Bertz CT molecular complexity index is 1030. The number of pyridine rings is 1. The van der Waals surface area contributed by atoms with Crippen LogP contribution in [-0.4, -0.2) is 19.6 Å². The smallest absolute Gasteiger partial charge is 0.247 e. The van der Waals surface area contributed by atoms with Crippen LogP contribution in [0.5, 0.6) is 0 Å². The molecular weight excluding hydrogens is 295 g/mol. The van der Waals surface area contributed by atoms with Gasteiger partial charge in [0.1, 0.15) is 11.5 Å². The van der Waals surface area contributed by atoms with Gasteiger partial charge in [-0.2, -0.15) is 5.10 Å². The van der Waals surface area contributed by atoms with E-state index in [0.29, 0.717) is 5.69 Å². The lowest BCUT2D eigenvalue weighted by atomic mass is 10.0. The molecule has 0 amide bonds. The first-order valence-electron chi connectivity index (χ1n) is 7.00. The Morgan fingerprint density at radius 2 is 1.83 bits per heavy atom. The summed E-state index contributed by atoms with van der Waals surface area (Å²) in [5, 5.41) is 4.57. The zero-order chi connectivity index (χ0) is 15.8. The second-order valence-corrected chi connectivity index (χ2v) is 5.08. The van der Waals surface area contributed by atoms with Crippen LogP contribution in [0.2, 0.25) is 0 Å². The van der Waals surface area contributed by atoms with E-state index in [2.05, 4.69) is 15.1 Å². The fourth-order valence-electron chi connectivity index (χ4n) is 2.56. The molecule has 3 heterocycles. The van der Waals surface area contributed by atoms with Crippen molar-refractivity contribution in [3.8, 4) is 22.4 Å². The topological polar surface area (TPSA) is 63.1 Å². The number of nitrogens with one attached hydrogen (secondary N) is 1. The average molecular weight is 306 g/mol. The maximum Gasteiger partial charge on any atom is 0.247 e. The van der Waals surface area contributed by atoms with E-state index >= 15 is 0 Å². The van der Waals surface area contributed by atoms with Crippen molar-refractivity contribution in [3.05, 3.63) is 77.4 Å². The molecule has 1 aromatic carbocycles.